The molecule has 0 unspecified atom stereocenters. The summed E-state index contributed by atoms with van der Waals surface area (Å²) < 4.78 is 12.4. The van der Waals surface area contributed by atoms with Crippen molar-refractivity contribution in [2.75, 3.05) is 20.3 Å². The van der Waals surface area contributed by atoms with Gasteiger partial charge in [0.05, 0.1) is 36.5 Å². The molecular formula is C14H16N2O3. The van der Waals surface area contributed by atoms with E-state index in [1.165, 1.54) is 0 Å². The maximum absolute atomic E-state index is 12.5. The van der Waals surface area contributed by atoms with Gasteiger partial charge in [0.2, 0.25) is 0 Å². The summed E-state index contributed by atoms with van der Waals surface area (Å²) in [6.45, 7) is 2.96. The van der Waals surface area contributed by atoms with Crippen LogP contribution in [-0.2, 0) is 9.47 Å². The molecule has 3 rings (SSSR count). The Morgan fingerprint density at radius 2 is 2.26 bits per heavy atom. The quantitative estimate of drug-likeness (QED) is 0.816. The minimum absolute atomic E-state index is 0.0359. The molecule has 19 heavy (non-hydrogen) atoms. The first-order valence-corrected chi connectivity index (χ1v) is 6.29. The van der Waals surface area contributed by atoms with Crippen molar-refractivity contribution in [3.63, 3.8) is 0 Å². The van der Waals surface area contributed by atoms with Crippen molar-refractivity contribution in [2.45, 2.75) is 19.1 Å². The second-order valence-electron chi connectivity index (χ2n) is 4.86. The van der Waals surface area contributed by atoms with Crippen molar-refractivity contribution < 1.29 is 9.47 Å². The van der Waals surface area contributed by atoms with Gasteiger partial charge in [-0.1, -0.05) is 11.6 Å². The Labute approximate surface area is 110 Å². The van der Waals surface area contributed by atoms with E-state index in [2.05, 4.69) is 4.98 Å². The van der Waals surface area contributed by atoms with Crippen molar-refractivity contribution in [3.8, 4) is 0 Å². The molecule has 5 heteroatoms. The van der Waals surface area contributed by atoms with Gasteiger partial charge in [-0.15, -0.1) is 0 Å². The summed E-state index contributed by atoms with van der Waals surface area (Å²) in [6.07, 6.45) is 1.49. The van der Waals surface area contributed by atoms with Gasteiger partial charge in [-0.2, -0.15) is 0 Å². The number of methoxy groups -OCH3 is 1. The van der Waals surface area contributed by atoms with Gasteiger partial charge in [0.1, 0.15) is 6.10 Å². The zero-order valence-corrected chi connectivity index (χ0v) is 11.0. The molecule has 0 N–H and O–H groups in total. The minimum Gasteiger partial charge on any atom is -0.377 e. The predicted molar refractivity (Wildman–Crippen MR) is 71.4 cm³/mol. The number of ether oxygens (including phenoxy) is 2. The average molecular weight is 260 g/mol. The van der Waals surface area contributed by atoms with E-state index in [1.54, 1.807) is 18.0 Å². The Hall–Kier alpha value is -1.72. The van der Waals surface area contributed by atoms with Gasteiger partial charge in [-0.25, -0.2) is 4.98 Å². The van der Waals surface area contributed by atoms with Gasteiger partial charge in [-0.05, 0) is 19.1 Å². The Bertz CT molecular complexity index is 665. The van der Waals surface area contributed by atoms with Crippen molar-refractivity contribution in [2.24, 2.45) is 0 Å². The average Bonchev–Trinajstić information content (AvgIpc) is 2.88. The fraction of sp³-hybridized carbons (Fsp3) is 0.429. The molecule has 1 aliphatic rings. The van der Waals surface area contributed by atoms with E-state index >= 15 is 0 Å². The van der Waals surface area contributed by atoms with Crippen LogP contribution in [0.1, 0.15) is 11.6 Å². The monoisotopic (exact) mass is 260 g/mol. The second kappa shape index (κ2) is 4.75. The third-order valence-corrected chi connectivity index (χ3v) is 3.60. The van der Waals surface area contributed by atoms with Crippen molar-refractivity contribution in [1.82, 2.24) is 9.55 Å². The van der Waals surface area contributed by atoms with Crippen LogP contribution in [0.15, 0.2) is 29.3 Å². The highest BCUT2D eigenvalue weighted by Crippen LogP contribution is 2.21. The molecular weight excluding hydrogens is 244 g/mol. The Balaban J connectivity index is 2.15. The third kappa shape index (κ3) is 2.05. The van der Waals surface area contributed by atoms with Gasteiger partial charge in [0, 0.05) is 7.11 Å². The molecule has 1 saturated heterocycles. The van der Waals surface area contributed by atoms with Gasteiger partial charge >= 0.3 is 0 Å². The smallest absolute Gasteiger partial charge is 0.261 e. The fourth-order valence-corrected chi connectivity index (χ4v) is 2.49. The molecule has 0 spiro atoms. The maximum Gasteiger partial charge on any atom is 0.261 e. The third-order valence-electron chi connectivity index (χ3n) is 3.60. The molecule has 0 saturated carbocycles. The normalized spacial score (nSPS) is 23.1. The minimum atomic E-state index is -0.102. The highest BCUT2D eigenvalue weighted by molar-refractivity contribution is 5.77. The molecule has 2 atom stereocenters. The first-order valence-electron chi connectivity index (χ1n) is 6.29. The SMILES string of the molecule is CO[C@H]1COC[C@@H]1n1cnc2ccc(C)cc2c1=O. The van der Waals surface area contributed by atoms with Gasteiger partial charge in [-0.3, -0.25) is 9.36 Å². The topological polar surface area (TPSA) is 53.4 Å². The van der Waals surface area contributed by atoms with Gasteiger partial charge in [0.15, 0.2) is 0 Å². The Morgan fingerprint density at radius 1 is 1.42 bits per heavy atom. The lowest BCUT2D eigenvalue weighted by Gasteiger charge is -2.18. The molecule has 0 bridgehead atoms. The predicted octanol–water partition coefficient (Wildman–Crippen LogP) is 1.29. The molecule has 1 aliphatic heterocycles. The number of hydrogen-bond acceptors (Lipinski definition) is 4. The lowest BCUT2D eigenvalue weighted by Crippen LogP contribution is -2.32. The summed E-state index contributed by atoms with van der Waals surface area (Å²) in [5.41, 5.74) is 1.74. The largest absolute Gasteiger partial charge is 0.377 e. The number of aryl methyl sites for hydroxylation is 1. The van der Waals surface area contributed by atoms with Gasteiger partial charge < -0.3 is 9.47 Å². The number of hydrogen-bond donors (Lipinski definition) is 0. The van der Waals surface area contributed by atoms with Crippen LogP contribution in [-0.4, -0.2) is 36.0 Å². The van der Waals surface area contributed by atoms with E-state index in [0.717, 1.165) is 11.1 Å². The Morgan fingerprint density at radius 3 is 3.05 bits per heavy atom. The van der Waals surface area contributed by atoms with Crippen LogP contribution in [0.2, 0.25) is 0 Å². The standard InChI is InChI=1S/C14H16N2O3/c1-9-3-4-11-10(5-9)14(17)16(8-15-11)12-6-19-7-13(12)18-2/h3-5,8,12-13H,6-7H2,1-2H3/t12-,13-/m0/s1. The number of rotatable bonds is 2. The lowest BCUT2D eigenvalue weighted by molar-refractivity contribution is 0.0679. The first-order chi connectivity index (χ1) is 9.20. The van der Waals surface area contributed by atoms with E-state index in [0.29, 0.717) is 18.6 Å². The summed E-state index contributed by atoms with van der Waals surface area (Å²) in [5, 5.41) is 0.643. The van der Waals surface area contributed by atoms with Crippen LogP contribution in [0.4, 0.5) is 0 Å². The molecule has 5 nitrogen and oxygen atoms in total. The van der Waals surface area contributed by atoms with Crippen LogP contribution in [0, 0.1) is 6.92 Å². The number of fused-ring (bicyclic) bond motifs is 1. The van der Waals surface area contributed by atoms with Crippen LogP contribution in [0.5, 0.6) is 0 Å². The molecule has 0 radical (unpaired) electrons. The van der Waals surface area contributed by atoms with Crippen molar-refractivity contribution in [1.29, 1.82) is 0 Å². The molecule has 1 aromatic carbocycles. The summed E-state index contributed by atoms with van der Waals surface area (Å²) in [5.74, 6) is 0. The molecule has 1 fully saturated rings. The van der Waals surface area contributed by atoms with E-state index in [-0.39, 0.29) is 17.7 Å². The number of nitrogens with zero attached hydrogens (tertiary/aromatic N) is 2. The molecule has 0 amide bonds. The molecule has 1 aromatic heterocycles. The van der Waals surface area contributed by atoms with Crippen LogP contribution < -0.4 is 5.56 Å². The van der Waals surface area contributed by atoms with E-state index in [4.69, 9.17) is 9.47 Å². The first kappa shape index (κ1) is 12.3. The molecule has 0 aliphatic carbocycles. The zero-order valence-electron chi connectivity index (χ0n) is 11.0. The van der Waals surface area contributed by atoms with Crippen molar-refractivity contribution in [3.05, 3.63) is 40.4 Å². The summed E-state index contributed by atoms with van der Waals surface area (Å²) in [7, 11) is 1.63. The fourth-order valence-electron chi connectivity index (χ4n) is 2.49. The summed E-state index contributed by atoms with van der Waals surface area (Å²) in [6, 6.07) is 5.60. The summed E-state index contributed by atoms with van der Waals surface area (Å²) >= 11 is 0. The van der Waals surface area contributed by atoms with E-state index in [9.17, 15) is 4.79 Å². The highest BCUT2D eigenvalue weighted by Gasteiger charge is 2.30. The zero-order chi connectivity index (χ0) is 13.4. The molecule has 100 valence electrons. The molecule has 2 heterocycles. The second-order valence-corrected chi connectivity index (χ2v) is 4.86. The number of aromatic nitrogens is 2. The number of benzene rings is 1. The summed E-state index contributed by atoms with van der Waals surface area (Å²) in [4.78, 5) is 16.9. The van der Waals surface area contributed by atoms with E-state index in [1.807, 2.05) is 25.1 Å². The van der Waals surface area contributed by atoms with Crippen LogP contribution in [0.3, 0.4) is 0 Å². The van der Waals surface area contributed by atoms with Gasteiger partial charge in [0.25, 0.3) is 5.56 Å². The van der Waals surface area contributed by atoms with Crippen LogP contribution in [0.25, 0.3) is 10.9 Å². The van der Waals surface area contributed by atoms with Crippen LogP contribution >= 0.6 is 0 Å². The Kier molecular flexibility index (Phi) is 3.08. The molecule has 2 aromatic rings. The maximum atomic E-state index is 12.5. The van der Waals surface area contributed by atoms with E-state index < -0.39 is 0 Å². The lowest BCUT2D eigenvalue weighted by atomic mass is 10.1. The highest BCUT2D eigenvalue weighted by atomic mass is 16.5. The van der Waals surface area contributed by atoms with Crippen molar-refractivity contribution >= 4 is 10.9 Å².